The third-order valence-corrected chi connectivity index (χ3v) is 8.80. The predicted octanol–water partition coefficient (Wildman–Crippen LogP) is 5.38. The summed E-state index contributed by atoms with van der Waals surface area (Å²) in [7, 11) is -4.14. The number of anilines is 1. The smallest absolute Gasteiger partial charge is 0.264 e. The fraction of sp³-hybridized carbons (Fsp3) is 0.333. The molecule has 0 bridgehead atoms. The molecule has 10 heteroatoms. The van der Waals surface area contributed by atoms with Crippen LogP contribution in [0.3, 0.4) is 0 Å². The van der Waals surface area contributed by atoms with E-state index in [4.69, 9.17) is 4.74 Å². The molecule has 0 saturated heterocycles. The number of nitrogens with zero attached hydrogens (tertiary/aromatic N) is 2. The molecule has 0 aliphatic carbocycles. The monoisotopic (exact) mass is 629 g/mol. The number of sulfonamides is 1. The highest BCUT2D eigenvalue weighted by Gasteiger charge is 2.32. The molecule has 8 nitrogen and oxygen atoms in total. The van der Waals surface area contributed by atoms with Gasteiger partial charge in [-0.2, -0.15) is 0 Å². The van der Waals surface area contributed by atoms with Crippen LogP contribution in [0.1, 0.15) is 39.7 Å². The minimum atomic E-state index is -4.14. The average molecular weight is 631 g/mol. The highest BCUT2D eigenvalue weighted by atomic mass is 79.9. The second-order valence-electron chi connectivity index (χ2n) is 9.39. The van der Waals surface area contributed by atoms with Crippen LogP contribution < -0.4 is 14.4 Å². The van der Waals surface area contributed by atoms with E-state index in [0.29, 0.717) is 18.0 Å². The third-order valence-electron chi connectivity index (χ3n) is 6.48. The van der Waals surface area contributed by atoms with Crippen molar-refractivity contribution in [2.24, 2.45) is 0 Å². The first-order valence-corrected chi connectivity index (χ1v) is 15.4. The Balaban J connectivity index is 1.98. The van der Waals surface area contributed by atoms with Gasteiger partial charge in [-0.3, -0.25) is 13.9 Å². The average Bonchev–Trinajstić information content (AvgIpc) is 2.95. The molecule has 0 spiro atoms. The van der Waals surface area contributed by atoms with Crippen molar-refractivity contribution >= 4 is 43.5 Å². The Morgan fingerprint density at radius 3 is 2.12 bits per heavy atom. The van der Waals surface area contributed by atoms with Crippen LogP contribution in [0, 0.1) is 0 Å². The fourth-order valence-corrected chi connectivity index (χ4v) is 5.64. The van der Waals surface area contributed by atoms with Gasteiger partial charge in [0.15, 0.2) is 0 Å². The highest BCUT2D eigenvalue weighted by molar-refractivity contribution is 9.10. The van der Waals surface area contributed by atoms with Crippen LogP contribution in [-0.4, -0.2) is 50.4 Å². The maximum atomic E-state index is 13.9. The van der Waals surface area contributed by atoms with Gasteiger partial charge < -0.3 is 15.0 Å². The van der Waals surface area contributed by atoms with Crippen molar-refractivity contribution in [2.75, 3.05) is 17.5 Å². The van der Waals surface area contributed by atoms with Gasteiger partial charge in [0.2, 0.25) is 11.8 Å². The molecule has 3 aromatic carbocycles. The van der Waals surface area contributed by atoms with Gasteiger partial charge in [0.05, 0.1) is 17.2 Å². The molecule has 40 heavy (non-hydrogen) atoms. The molecule has 2 atom stereocenters. The van der Waals surface area contributed by atoms with Crippen LogP contribution in [0.5, 0.6) is 5.75 Å². The molecule has 0 aliphatic heterocycles. The number of ether oxygens (including phenoxy) is 1. The molecule has 0 radical (unpaired) electrons. The Morgan fingerprint density at radius 2 is 1.55 bits per heavy atom. The number of rotatable bonds is 13. The number of hydrogen-bond donors (Lipinski definition) is 1. The Kier molecular flexibility index (Phi) is 11.2. The number of para-hydroxylation sites is 1. The second-order valence-corrected chi connectivity index (χ2v) is 12.2. The van der Waals surface area contributed by atoms with E-state index in [9.17, 15) is 18.0 Å². The van der Waals surface area contributed by atoms with Crippen LogP contribution in [0.15, 0.2) is 88.2 Å². The van der Waals surface area contributed by atoms with E-state index < -0.39 is 28.5 Å². The standard InChI is InChI=1S/C30H36BrN3O5S/c1-5-22(3)32-30(36)23(4)33(20-24-12-14-25(31)15-13-24)29(35)21-34(26-10-8-7-9-11-26)40(37,38)28-18-16-27(17-19-28)39-6-2/h7-19,22-23H,5-6,20-21H2,1-4H3,(H,32,36)/t22-,23+/m0/s1. The Labute approximate surface area is 245 Å². The molecular weight excluding hydrogens is 594 g/mol. The van der Waals surface area contributed by atoms with Crippen molar-refractivity contribution in [3.05, 3.63) is 88.9 Å². The molecule has 1 N–H and O–H groups in total. The van der Waals surface area contributed by atoms with Crippen molar-refractivity contribution < 1.29 is 22.7 Å². The topological polar surface area (TPSA) is 96.0 Å². The molecule has 0 unspecified atom stereocenters. The van der Waals surface area contributed by atoms with E-state index in [-0.39, 0.29) is 23.4 Å². The van der Waals surface area contributed by atoms with Crippen LogP contribution in [0.2, 0.25) is 0 Å². The molecule has 0 aromatic heterocycles. The van der Waals surface area contributed by atoms with Crippen molar-refractivity contribution in [3.63, 3.8) is 0 Å². The number of nitrogens with one attached hydrogen (secondary N) is 1. The number of benzene rings is 3. The minimum Gasteiger partial charge on any atom is -0.494 e. The summed E-state index contributed by atoms with van der Waals surface area (Å²) in [4.78, 5) is 28.5. The van der Waals surface area contributed by atoms with Gasteiger partial charge in [0.1, 0.15) is 18.3 Å². The summed E-state index contributed by atoms with van der Waals surface area (Å²) in [5.41, 5.74) is 1.14. The van der Waals surface area contributed by atoms with Crippen molar-refractivity contribution in [1.82, 2.24) is 10.2 Å². The van der Waals surface area contributed by atoms with Gasteiger partial charge in [0.25, 0.3) is 10.0 Å². The van der Waals surface area contributed by atoms with Gasteiger partial charge in [-0.15, -0.1) is 0 Å². The lowest BCUT2D eigenvalue weighted by Gasteiger charge is -2.32. The Bertz CT molecular complexity index is 1370. The summed E-state index contributed by atoms with van der Waals surface area (Å²) in [5.74, 6) is -0.265. The van der Waals surface area contributed by atoms with Crippen LogP contribution in [0.4, 0.5) is 5.69 Å². The Morgan fingerprint density at radius 1 is 0.925 bits per heavy atom. The van der Waals surface area contributed by atoms with E-state index in [1.807, 2.05) is 45.0 Å². The zero-order valence-corrected chi connectivity index (χ0v) is 25.6. The zero-order chi connectivity index (χ0) is 29.3. The lowest BCUT2D eigenvalue weighted by atomic mass is 10.1. The molecule has 214 valence electrons. The van der Waals surface area contributed by atoms with E-state index in [2.05, 4.69) is 21.2 Å². The van der Waals surface area contributed by atoms with Crippen LogP contribution in [0.25, 0.3) is 0 Å². The normalized spacial score (nSPS) is 12.7. The molecule has 3 rings (SSSR count). The molecular formula is C30H36BrN3O5S. The molecule has 0 aliphatic rings. The first-order chi connectivity index (χ1) is 19.1. The highest BCUT2D eigenvalue weighted by Crippen LogP contribution is 2.26. The molecule has 0 heterocycles. The van der Waals surface area contributed by atoms with Gasteiger partial charge >= 0.3 is 0 Å². The summed E-state index contributed by atoms with van der Waals surface area (Å²) in [5, 5.41) is 2.93. The minimum absolute atomic E-state index is 0.0228. The maximum Gasteiger partial charge on any atom is 0.264 e. The first kappa shape index (κ1) is 31.2. The second kappa shape index (κ2) is 14.3. The molecule has 0 saturated carbocycles. The molecule has 0 fully saturated rings. The predicted molar refractivity (Wildman–Crippen MR) is 161 cm³/mol. The van der Waals surface area contributed by atoms with Crippen LogP contribution >= 0.6 is 15.9 Å². The van der Waals surface area contributed by atoms with E-state index >= 15 is 0 Å². The van der Waals surface area contributed by atoms with E-state index in [1.165, 1.54) is 17.0 Å². The quantitative estimate of drug-likeness (QED) is 0.274. The van der Waals surface area contributed by atoms with Gasteiger partial charge in [-0.05, 0) is 81.3 Å². The van der Waals surface area contributed by atoms with E-state index in [1.54, 1.807) is 49.4 Å². The van der Waals surface area contributed by atoms with Gasteiger partial charge in [-0.25, -0.2) is 8.42 Å². The summed E-state index contributed by atoms with van der Waals surface area (Å²) in [6, 6.07) is 21.1. The number of hydrogen-bond acceptors (Lipinski definition) is 5. The van der Waals surface area contributed by atoms with Crippen molar-refractivity contribution in [2.45, 2.75) is 57.6 Å². The lowest BCUT2D eigenvalue weighted by molar-refractivity contribution is -0.139. The first-order valence-electron chi connectivity index (χ1n) is 13.2. The largest absolute Gasteiger partial charge is 0.494 e. The van der Waals surface area contributed by atoms with Crippen molar-refractivity contribution in [1.29, 1.82) is 0 Å². The fourth-order valence-electron chi connectivity index (χ4n) is 3.96. The van der Waals surface area contributed by atoms with Crippen LogP contribution in [-0.2, 0) is 26.2 Å². The summed E-state index contributed by atoms with van der Waals surface area (Å²) < 4.78 is 35.2. The maximum absolute atomic E-state index is 13.9. The van der Waals surface area contributed by atoms with Crippen molar-refractivity contribution in [3.8, 4) is 5.75 Å². The lowest BCUT2D eigenvalue weighted by Crippen LogP contribution is -2.52. The SMILES string of the molecule is CCOc1ccc(S(=O)(=O)N(CC(=O)N(Cc2ccc(Br)cc2)[C@H](C)C(=O)N[C@@H](C)CC)c2ccccc2)cc1. The van der Waals surface area contributed by atoms with E-state index in [0.717, 1.165) is 20.8 Å². The Hall–Kier alpha value is -3.37. The number of carbonyl (C=O) groups is 2. The number of carbonyl (C=O) groups excluding carboxylic acids is 2. The summed E-state index contributed by atoms with van der Waals surface area (Å²) >= 11 is 3.42. The summed E-state index contributed by atoms with van der Waals surface area (Å²) in [6.07, 6.45) is 0.737. The van der Waals surface area contributed by atoms with Gasteiger partial charge in [-0.1, -0.05) is 53.2 Å². The number of amides is 2. The number of halogens is 1. The molecule has 3 aromatic rings. The zero-order valence-electron chi connectivity index (χ0n) is 23.2. The van der Waals surface area contributed by atoms with Gasteiger partial charge in [0, 0.05) is 17.1 Å². The molecule has 2 amide bonds. The third kappa shape index (κ3) is 8.08. The summed E-state index contributed by atoms with van der Waals surface area (Å²) in [6.45, 7) is 7.45.